The number of amides is 1. The number of hydrogen-bond acceptors (Lipinski definition) is 5. The minimum atomic E-state index is -0.319. The first-order valence-electron chi connectivity index (χ1n) is 10.6. The quantitative estimate of drug-likeness (QED) is 0.453. The molecule has 1 unspecified atom stereocenters. The molecule has 5 rings (SSSR count). The van der Waals surface area contributed by atoms with Gasteiger partial charge in [0.25, 0.3) is 5.91 Å². The van der Waals surface area contributed by atoms with Gasteiger partial charge in [0.2, 0.25) is 11.8 Å². The van der Waals surface area contributed by atoms with Gasteiger partial charge in [-0.3, -0.25) is 4.79 Å². The number of carbonyl (C=O) groups excluding carboxylic acids is 1. The second kappa shape index (κ2) is 8.78. The van der Waals surface area contributed by atoms with Crippen molar-refractivity contribution >= 4 is 16.7 Å². The SMILES string of the molecule is O=C(COc1ccc2ccccc2c1)N1CCCC(c2nnc(-c3ccc(F)cc3)o2)C1. The Morgan fingerprint density at radius 3 is 2.72 bits per heavy atom. The Bertz CT molecular complexity index is 1240. The van der Waals surface area contributed by atoms with Gasteiger partial charge in [-0.05, 0) is 60.0 Å². The van der Waals surface area contributed by atoms with Crippen LogP contribution in [0.15, 0.2) is 71.1 Å². The van der Waals surface area contributed by atoms with E-state index in [1.54, 1.807) is 17.0 Å². The van der Waals surface area contributed by atoms with Crippen LogP contribution < -0.4 is 4.74 Å². The summed E-state index contributed by atoms with van der Waals surface area (Å²) >= 11 is 0. The molecule has 32 heavy (non-hydrogen) atoms. The van der Waals surface area contributed by atoms with Crippen molar-refractivity contribution in [2.45, 2.75) is 18.8 Å². The number of rotatable bonds is 5. The number of aromatic nitrogens is 2. The van der Waals surface area contributed by atoms with Crippen LogP contribution in [0, 0.1) is 5.82 Å². The van der Waals surface area contributed by atoms with Gasteiger partial charge in [0.15, 0.2) is 6.61 Å². The van der Waals surface area contributed by atoms with Gasteiger partial charge in [0.1, 0.15) is 11.6 Å². The maximum atomic E-state index is 13.1. The molecule has 0 aliphatic carbocycles. The lowest BCUT2D eigenvalue weighted by molar-refractivity contribution is -0.134. The van der Waals surface area contributed by atoms with Crippen LogP contribution in [0.2, 0.25) is 0 Å². The van der Waals surface area contributed by atoms with E-state index in [-0.39, 0.29) is 24.2 Å². The second-order valence-electron chi connectivity index (χ2n) is 7.93. The summed E-state index contributed by atoms with van der Waals surface area (Å²) in [5.41, 5.74) is 0.665. The molecule has 162 valence electrons. The van der Waals surface area contributed by atoms with Gasteiger partial charge in [0.05, 0.1) is 5.92 Å². The van der Waals surface area contributed by atoms with Crippen molar-refractivity contribution in [3.8, 4) is 17.2 Å². The molecule has 1 aromatic heterocycles. The largest absolute Gasteiger partial charge is 0.484 e. The van der Waals surface area contributed by atoms with E-state index in [9.17, 15) is 9.18 Å². The molecular weight excluding hydrogens is 409 g/mol. The summed E-state index contributed by atoms with van der Waals surface area (Å²) in [6.07, 6.45) is 1.71. The average Bonchev–Trinajstić information content (AvgIpc) is 3.33. The van der Waals surface area contributed by atoms with Crippen LogP contribution in [0.4, 0.5) is 4.39 Å². The van der Waals surface area contributed by atoms with Crippen LogP contribution in [0.3, 0.4) is 0 Å². The number of carbonyl (C=O) groups is 1. The van der Waals surface area contributed by atoms with Gasteiger partial charge in [-0.1, -0.05) is 30.3 Å². The highest BCUT2D eigenvalue weighted by Gasteiger charge is 2.28. The Morgan fingerprint density at radius 1 is 1.06 bits per heavy atom. The number of benzene rings is 3. The highest BCUT2D eigenvalue weighted by Crippen LogP contribution is 2.29. The van der Waals surface area contributed by atoms with Gasteiger partial charge in [-0.2, -0.15) is 0 Å². The first-order chi connectivity index (χ1) is 15.7. The van der Waals surface area contributed by atoms with Crippen molar-refractivity contribution in [1.82, 2.24) is 15.1 Å². The fourth-order valence-corrected chi connectivity index (χ4v) is 4.01. The first kappa shape index (κ1) is 20.2. The molecule has 3 aromatic carbocycles. The molecule has 1 fully saturated rings. The van der Waals surface area contributed by atoms with E-state index in [0.717, 1.165) is 23.6 Å². The van der Waals surface area contributed by atoms with E-state index in [4.69, 9.17) is 9.15 Å². The summed E-state index contributed by atoms with van der Waals surface area (Å²) in [4.78, 5) is 14.6. The number of likely N-dealkylation sites (tertiary alicyclic amines) is 1. The third-order valence-corrected chi connectivity index (χ3v) is 5.74. The lowest BCUT2D eigenvalue weighted by Gasteiger charge is -2.31. The van der Waals surface area contributed by atoms with E-state index in [1.807, 2.05) is 42.5 Å². The summed E-state index contributed by atoms with van der Waals surface area (Å²) in [5.74, 6) is 1.10. The molecule has 6 nitrogen and oxygen atoms in total. The molecule has 0 radical (unpaired) electrons. The molecule has 0 bridgehead atoms. The monoisotopic (exact) mass is 431 g/mol. The molecule has 1 atom stereocenters. The molecular formula is C25H22FN3O3. The van der Waals surface area contributed by atoms with Crippen LogP contribution in [0.5, 0.6) is 5.75 Å². The molecule has 1 aliphatic rings. The van der Waals surface area contributed by atoms with Crippen LogP contribution in [0.25, 0.3) is 22.2 Å². The van der Waals surface area contributed by atoms with Gasteiger partial charge in [0, 0.05) is 18.7 Å². The molecule has 0 saturated carbocycles. The summed E-state index contributed by atoms with van der Waals surface area (Å²) in [6, 6.07) is 19.8. The van der Waals surface area contributed by atoms with E-state index in [0.29, 0.717) is 36.2 Å². The van der Waals surface area contributed by atoms with Crippen molar-refractivity contribution in [2.24, 2.45) is 0 Å². The third kappa shape index (κ3) is 4.32. The fraction of sp³-hybridized carbons (Fsp3) is 0.240. The van der Waals surface area contributed by atoms with Crippen LogP contribution >= 0.6 is 0 Å². The Morgan fingerprint density at radius 2 is 1.88 bits per heavy atom. The molecule has 4 aromatic rings. The van der Waals surface area contributed by atoms with Gasteiger partial charge >= 0.3 is 0 Å². The van der Waals surface area contributed by atoms with Gasteiger partial charge in [-0.25, -0.2) is 4.39 Å². The van der Waals surface area contributed by atoms with E-state index in [2.05, 4.69) is 10.2 Å². The minimum Gasteiger partial charge on any atom is -0.484 e. The number of piperidine rings is 1. The summed E-state index contributed by atoms with van der Waals surface area (Å²) in [6.45, 7) is 1.16. The molecule has 1 amide bonds. The highest BCUT2D eigenvalue weighted by molar-refractivity contribution is 5.84. The Kier molecular flexibility index (Phi) is 5.54. The van der Waals surface area contributed by atoms with Crippen molar-refractivity contribution in [2.75, 3.05) is 19.7 Å². The Hall–Kier alpha value is -3.74. The zero-order valence-corrected chi connectivity index (χ0v) is 17.4. The number of hydrogen-bond donors (Lipinski definition) is 0. The summed E-state index contributed by atoms with van der Waals surface area (Å²) in [5, 5.41) is 10.5. The van der Waals surface area contributed by atoms with E-state index in [1.165, 1.54) is 12.1 Å². The molecule has 1 saturated heterocycles. The first-order valence-corrected chi connectivity index (χ1v) is 10.6. The van der Waals surface area contributed by atoms with Crippen molar-refractivity contribution in [1.29, 1.82) is 0 Å². The van der Waals surface area contributed by atoms with Crippen molar-refractivity contribution in [3.05, 3.63) is 78.4 Å². The topological polar surface area (TPSA) is 68.5 Å². The van der Waals surface area contributed by atoms with Crippen LogP contribution in [-0.4, -0.2) is 40.7 Å². The molecule has 2 heterocycles. The van der Waals surface area contributed by atoms with Gasteiger partial charge < -0.3 is 14.1 Å². The van der Waals surface area contributed by atoms with Crippen molar-refractivity contribution in [3.63, 3.8) is 0 Å². The Labute approximate surface area is 184 Å². The summed E-state index contributed by atoms with van der Waals surface area (Å²) in [7, 11) is 0. The molecule has 0 N–H and O–H groups in total. The van der Waals surface area contributed by atoms with E-state index < -0.39 is 0 Å². The normalized spacial score (nSPS) is 16.3. The third-order valence-electron chi connectivity index (χ3n) is 5.74. The van der Waals surface area contributed by atoms with Gasteiger partial charge in [-0.15, -0.1) is 10.2 Å². The maximum Gasteiger partial charge on any atom is 0.260 e. The van der Waals surface area contributed by atoms with E-state index >= 15 is 0 Å². The number of halogens is 1. The average molecular weight is 431 g/mol. The maximum absolute atomic E-state index is 13.1. The molecule has 0 spiro atoms. The predicted octanol–water partition coefficient (Wildman–Crippen LogP) is 4.81. The van der Waals surface area contributed by atoms with Crippen LogP contribution in [-0.2, 0) is 4.79 Å². The highest BCUT2D eigenvalue weighted by atomic mass is 19.1. The lowest BCUT2D eigenvalue weighted by Crippen LogP contribution is -2.41. The fourth-order valence-electron chi connectivity index (χ4n) is 4.01. The van der Waals surface area contributed by atoms with Crippen LogP contribution in [0.1, 0.15) is 24.7 Å². The minimum absolute atomic E-state index is 0.0181. The Balaban J connectivity index is 1.21. The van der Waals surface area contributed by atoms with Crippen molar-refractivity contribution < 1.29 is 18.3 Å². The molecule has 1 aliphatic heterocycles. The number of nitrogens with zero attached hydrogens (tertiary/aromatic N) is 3. The predicted molar refractivity (Wildman–Crippen MR) is 118 cm³/mol. The lowest BCUT2D eigenvalue weighted by atomic mass is 9.98. The summed E-state index contributed by atoms with van der Waals surface area (Å²) < 4.78 is 24.7. The molecule has 7 heteroatoms. The zero-order valence-electron chi connectivity index (χ0n) is 17.4. The zero-order chi connectivity index (χ0) is 21.9. The standard InChI is InChI=1S/C25H22FN3O3/c26-21-10-7-18(8-11-21)24-27-28-25(32-24)20-6-3-13-29(15-20)23(30)16-31-22-12-9-17-4-1-2-5-19(17)14-22/h1-2,4-5,7-12,14,20H,3,6,13,15-16H2. The second-order valence-corrected chi connectivity index (χ2v) is 7.93. The number of ether oxygens (including phenoxy) is 1. The smallest absolute Gasteiger partial charge is 0.260 e. The number of fused-ring (bicyclic) bond motifs is 1.